The van der Waals surface area contributed by atoms with Gasteiger partial charge in [0.2, 0.25) is 0 Å². The summed E-state index contributed by atoms with van der Waals surface area (Å²) < 4.78 is 0. The Bertz CT molecular complexity index is 910. The highest BCUT2D eigenvalue weighted by Gasteiger charge is 2.34. The number of benzene rings is 2. The van der Waals surface area contributed by atoms with E-state index in [4.69, 9.17) is 23.2 Å². The van der Waals surface area contributed by atoms with Crippen LogP contribution in [0.25, 0.3) is 16.7 Å². The molecule has 4 heteroatoms. The van der Waals surface area contributed by atoms with Crippen molar-refractivity contribution >= 4 is 34.6 Å². The first-order valence-corrected chi connectivity index (χ1v) is 9.51. The number of hydrogen-bond donors (Lipinski definition) is 1. The molecular formula is C22H22Cl2O2. The average Bonchev–Trinajstić information content (AvgIpc) is 2.53. The van der Waals surface area contributed by atoms with Crippen molar-refractivity contribution in [3.05, 3.63) is 63.3 Å². The predicted molar refractivity (Wildman–Crippen MR) is 109 cm³/mol. The normalized spacial score (nSPS) is 16.9. The molecule has 1 aliphatic rings. The first-order chi connectivity index (χ1) is 12.2. The third kappa shape index (κ3) is 3.67. The molecule has 2 nitrogen and oxygen atoms in total. The van der Waals surface area contributed by atoms with E-state index in [-0.39, 0.29) is 17.0 Å². The Morgan fingerprint density at radius 3 is 2.38 bits per heavy atom. The largest absolute Gasteiger partial charge is 0.512 e. The number of ketones is 1. The van der Waals surface area contributed by atoms with E-state index in [9.17, 15) is 9.90 Å². The third-order valence-corrected chi connectivity index (χ3v) is 5.40. The maximum absolute atomic E-state index is 12.8. The minimum Gasteiger partial charge on any atom is -0.512 e. The van der Waals surface area contributed by atoms with Gasteiger partial charge in [-0.3, -0.25) is 4.79 Å². The van der Waals surface area contributed by atoms with E-state index in [0.717, 1.165) is 28.7 Å². The van der Waals surface area contributed by atoms with Crippen LogP contribution in [-0.4, -0.2) is 10.9 Å². The average molecular weight is 389 g/mol. The van der Waals surface area contributed by atoms with Gasteiger partial charge in [0, 0.05) is 28.5 Å². The Hall–Kier alpha value is -1.77. The molecule has 136 valence electrons. The Morgan fingerprint density at radius 1 is 1.04 bits per heavy atom. The van der Waals surface area contributed by atoms with Crippen LogP contribution in [0.3, 0.4) is 0 Å². The molecule has 3 rings (SSSR count). The van der Waals surface area contributed by atoms with E-state index in [1.807, 2.05) is 45.0 Å². The van der Waals surface area contributed by atoms with E-state index in [0.29, 0.717) is 28.5 Å². The topological polar surface area (TPSA) is 37.3 Å². The Balaban J connectivity index is 2.17. The van der Waals surface area contributed by atoms with Crippen molar-refractivity contribution in [3.63, 3.8) is 0 Å². The molecule has 0 aliphatic heterocycles. The van der Waals surface area contributed by atoms with E-state index < -0.39 is 0 Å². The number of rotatable bonds is 3. The molecule has 0 saturated heterocycles. The lowest BCUT2D eigenvalue weighted by Crippen LogP contribution is -2.25. The Labute approximate surface area is 164 Å². The van der Waals surface area contributed by atoms with Crippen LogP contribution in [0.15, 0.2) is 42.2 Å². The number of Topliss-reactive ketones (excluding diaryl/α,β-unsaturated/α-hetero) is 1. The summed E-state index contributed by atoms with van der Waals surface area (Å²) in [7, 11) is 0. The zero-order chi connectivity index (χ0) is 19.1. The van der Waals surface area contributed by atoms with Crippen LogP contribution in [0.1, 0.15) is 44.7 Å². The molecule has 0 aromatic heterocycles. The molecule has 0 amide bonds. The van der Waals surface area contributed by atoms with Crippen LogP contribution in [0.4, 0.5) is 0 Å². The minimum atomic E-state index is -0.214. The summed E-state index contributed by atoms with van der Waals surface area (Å²) >= 11 is 12.4. The van der Waals surface area contributed by atoms with E-state index in [1.165, 1.54) is 0 Å². The van der Waals surface area contributed by atoms with Crippen molar-refractivity contribution in [3.8, 4) is 11.1 Å². The van der Waals surface area contributed by atoms with E-state index in [2.05, 4.69) is 0 Å². The fraction of sp³-hybridized carbons (Fsp3) is 0.318. The fourth-order valence-electron chi connectivity index (χ4n) is 3.60. The van der Waals surface area contributed by atoms with Crippen molar-refractivity contribution in [2.45, 2.75) is 40.0 Å². The Morgan fingerprint density at radius 2 is 1.77 bits per heavy atom. The van der Waals surface area contributed by atoms with Gasteiger partial charge in [0.05, 0.1) is 5.57 Å². The number of aryl methyl sites for hydroxylation is 1. The molecule has 1 N–H and O–H groups in total. The number of carbonyl (C=O) groups is 1. The molecule has 0 unspecified atom stereocenters. The molecule has 0 fully saturated rings. The molecule has 0 heterocycles. The molecule has 2 aromatic carbocycles. The lowest BCUT2D eigenvalue weighted by molar-refractivity contribution is -0.116. The second-order valence-corrected chi connectivity index (χ2v) is 8.46. The summed E-state index contributed by atoms with van der Waals surface area (Å²) in [6, 6.07) is 11.3. The lowest BCUT2D eigenvalue weighted by atomic mass is 9.74. The molecule has 0 atom stereocenters. The number of carbonyl (C=O) groups excluding carboxylic acids is 1. The van der Waals surface area contributed by atoms with E-state index >= 15 is 0 Å². The smallest absolute Gasteiger partial charge is 0.167 e. The van der Waals surface area contributed by atoms with Crippen molar-refractivity contribution in [2.75, 3.05) is 0 Å². The standard InChI is InChI=1S/C22H22Cl2O2/c1-4-13-5-6-14(16-8-7-15(23)10-18(16)24)9-17(13)21-19(25)11-22(2,3)12-20(21)26/h5-10,25H,4,11-12H2,1-3H3. The zero-order valence-electron chi connectivity index (χ0n) is 15.2. The highest BCUT2D eigenvalue weighted by molar-refractivity contribution is 6.36. The number of aliphatic hydroxyl groups excluding tert-OH is 1. The molecule has 0 radical (unpaired) electrons. The van der Waals surface area contributed by atoms with Crippen LogP contribution in [-0.2, 0) is 11.2 Å². The molecule has 2 aromatic rings. The van der Waals surface area contributed by atoms with Gasteiger partial charge in [-0.15, -0.1) is 0 Å². The number of hydrogen-bond acceptors (Lipinski definition) is 2. The number of halogens is 2. The van der Waals surface area contributed by atoms with Gasteiger partial charge in [-0.2, -0.15) is 0 Å². The van der Waals surface area contributed by atoms with Crippen molar-refractivity contribution < 1.29 is 9.90 Å². The Kier molecular flexibility index (Phi) is 5.18. The summed E-state index contributed by atoms with van der Waals surface area (Å²) in [5, 5.41) is 11.8. The SMILES string of the molecule is CCc1ccc(-c2ccc(Cl)cc2Cl)cc1C1=C(O)CC(C)(C)CC1=O. The van der Waals surface area contributed by atoms with Crippen molar-refractivity contribution in [1.29, 1.82) is 0 Å². The summed E-state index contributed by atoms with van der Waals surface area (Å²) in [6.45, 7) is 6.05. The van der Waals surface area contributed by atoms with Gasteiger partial charge in [0.25, 0.3) is 0 Å². The minimum absolute atomic E-state index is 0.00666. The molecular weight excluding hydrogens is 367 g/mol. The predicted octanol–water partition coefficient (Wildman–Crippen LogP) is 6.88. The first kappa shape index (κ1) is 19.0. The lowest BCUT2D eigenvalue weighted by Gasteiger charge is -2.30. The molecule has 1 aliphatic carbocycles. The van der Waals surface area contributed by atoms with Gasteiger partial charge in [-0.05, 0) is 46.7 Å². The molecule has 0 spiro atoms. The van der Waals surface area contributed by atoms with Gasteiger partial charge < -0.3 is 5.11 Å². The van der Waals surface area contributed by atoms with Gasteiger partial charge in [0.1, 0.15) is 5.76 Å². The van der Waals surface area contributed by atoms with Crippen LogP contribution in [0.2, 0.25) is 10.0 Å². The van der Waals surface area contributed by atoms with Gasteiger partial charge in [0.15, 0.2) is 5.78 Å². The highest BCUT2D eigenvalue weighted by Crippen LogP contribution is 2.41. The number of allylic oxidation sites excluding steroid dienone is 2. The molecule has 26 heavy (non-hydrogen) atoms. The number of aliphatic hydroxyl groups is 1. The van der Waals surface area contributed by atoms with Gasteiger partial charge >= 0.3 is 0 Å². The van der Waals surface area contributed by atoms with E-state index in [1.54, 1.807) is 12.1 Å². The second-order valence-electron chi connectivity index (χ2n) is 7.61. The maximum Gasteiger partial charge on any atom is 0.167 e. The van der Waals surface area contributed by atoms with Crippen LogP contribution in [0, 0.1) is 5.41 Å². The summed E-state index contributed by atoms with van der Waals surface area (Å²) in [6.07, 6.45) is 1.71. The van der Waals surface area contributed by atoms with Gasteiger partial charge in [-0.25, -0.2) is 0 Å². The van der Waals surface area contributed by atoms with Crippen LogP contribution >= 0.6 is 23.2 Å². The van der Waals surface area contributed by atoms with Crippen LogP contribution < -0.4 is 0 Å². The zero-order valence-corrected chi connectivity index (χ0v) is 16.7. The van der Waals surface area contributed by atoms with Gasteiger partial charge in [-0.1, -0.05) is 62.2 Å². The van der Waals surface area contributed by atoms with Crippen molar-refractivity contribution in [1.82, 2.24) is 0 Å². The highest BCUT2D eigenvalue weighted by atomic mass is 35.5. The summed E-state index contributed by atoms with van der Waals surface area (Å²) in [5.74, 6) is 0.174. The quantitative estimate of drug-likeness (QED) is 0.621. The monoisotopic (exact) mass is 388 g/mol. The third-order valence-electron chi connectivity index (χ3n) is 4.85. The molecule has 0 saturated carbocycles. The maximum atomic E-state index is 12.8. The second kappa shape index (κ2) is 7.09. The molecule has 0 bridgehead atoms. The summed E-state index contributed by atoms with van der Waals surface area (Å²) in [5.41, 5.74) is 3.82. The van der Waals surface area contributed by atoms with Crippen LogP contribution in [0.5, 0.6) is 0 Å². The first-order valence-electron chi connectivity index (χ1n) is 8.76. The fourth-order valence-corrected chi connectivity index (χ4v) is 4.12. The van der Waals surface area contributed by atoms with Crippen molar-refractivity contribution in [2.24, 2.45) is 5.41 Å². The summed E-state index contributed by atoms with van der Waals surface area (Å²) in [4.78, 5) is 12.8.